The van der Waals surface area contributed by atoms with Gasteiger partial charge in [-0.15, -0.1) is 11.6 Å². The third-order valence-electron chi connectivity index (χ3n) is 2.65. The molecule has 1 unspecified atom stereocenters. The summed E-state index contributed by atoms with van der Waals surface area (Å²) in [6.45, 7) is 5.86. The minimum Gasteiger partial charge on any atom is -0.475 e. The van der Waals surface area contributed by atoms with Crippen LogP contribution in [0.3, 0.4) is 0 Å². The van der Waals surface area contributed by atoms with Crippen molar-refractivity contribution in [1.82, 2.24) is 9.97 Å². The summed E-state index contributed by atoms with van der Waals surface area (Å²) in [5.41, 5.74) is 1.96. The van der Waals surface area contributed by atoms with Gasteiger partial charge in [-0.05, 0) is 32.4 Å². The molecule has 0 fully saturated rings. The highest BCUT2D eigenvalue weighted by molar-refractivity contribution is 6.21. The molecular formula is C15H18ClN3O. The number of hydrogen-bond acceptors (Lipinski definition) is 4. The van der Waals surface area contributed by atoms with Gasteiger partial charge in [0.05, 0.1) is 11.5 Å². The number of para-hydroxylation sites is 1. The third-order valence-corrected chi connectivity index (χ3v) is 2.89. The molecule has 1 heterocycles. The van der Waals surface area contributed by atoms with Crippen LogP contribution >= 0.6 is 11.6 Å². The molecule has 0 saturated heterocycles. The van der Waals surface area contributed by atoms with E-state index < -0.39 is 0 Å². The van der Waals surface area contributed by atoms with E-state index in [4.69, 9.17) is 16.3 Å². The standard InChI is InChI=1S/C15H18ClN3O/c1-10(2)20-15-8-14(17-9-18-15)19-13-7-5-4-6-12(13)11(3)16/h4-11H,1-3H3,(H,17,18,19). The summed E-state index contributed by atoms with van der Waals surface area (Å²) >= 11 is 6.18. The molecule has 0 saturated carbocycles. The Morgan fingerprint density at radius 2 is 1.90 bits per heavy atom. The maximum absolute atomic E-state index is 6.18. The van der Waals surface area contributed by atoms with E-state index in [9.17, 15) is 0 Å². The van der Waals surface area contributed by atoms with Crippen LogP contribution in [0.2, 0.25) is 0 Å². The minimum absolute atomic E-state index is 0.0768. The van der Waals surface area contributed by atoms with E-state index in [2.05, 4.69) is 15.3 Å². The summed E-state index contributed by atoms with van der Waals surface area (Å²) in [4.78, 5) is 8.28. The molecule has 0 aliphatic rings. The van der Waals surface area contributed by atoms with Crippen LogP contribution in [0.4, 0.5) is 11.5 Å². The van der Waals surface area contributed by atoms with Gasteiger partial charge in [0.25, 0.3) is 0 Å². The predicted octanol–water partition coefficient (Wildman–Crippen LogP) is 4.31. The lowest BCUT2D eigenvalue weighted by molar-refractivity contribution is 0.232. The second-order valence-electron chi connectivity index (χ2n) is 4.74. The highest BCUT2D eigenvalue weighted by Crippen LogP contribution is 2.29. The Morgan fingerprint density at radius 1 is 1.15 bits per heavy atom. The molecule has 2 aromatic rings. The first-order chi connectivity index (χ1) is 9.56. The summed E-state index contributed by atoms with van der Waals surface area (Å²) in [5, 5.41) is 3.18. The number of nitrogens with one attached hydrogen (secondary N) is 1. The monoisotopic (exact) mass is 291 g/mol. The topological polar surface area (TPSA) is 47.0 Å². The Labute approximate surface area is 124 Å². The lowest BCUT2D eigenvalue weighted by Crippen LogP contribution is -2.07. The zero-order valence-electron chi connectivity index (χ0n) is 11.8. The van der Waals surface area contributed by atoms with Crippen molar-refractivity contribution in [2.24, 2.45) is 0 Å². The van der Waals surface area contributed by atoms with E-state index in [0.29, 0.717) is 11.7 Å². The highest BCUT2D eigenvalue weighted by Gasteiger charge is 2.09. The van der Waals surface area contributed by atoms with Gasteiger partial charge in [-0.3, -0.25) is 0 Å². The number of anilines is 2. The van der Waals surface area contributed by atoms with Crippen LogP contribution in [-0.4, -0.2) is 16.1 Å². The van der Waals surface area contributed by atoms with E-state index in [-0.39, 0.29) is 11.5 Å². The first-order valence-corrected chi connectivity index (χ1v) is 6.98. The van der Waals surface area contributed by atoms with Crippen molar-refractivity contribution in [2.75, 3.05) is 5.32 Å². The fraction of sp³-hybridized carbons (Fsp3) is 0.333. The molecule has 0 amide bonds. The van der Waals surface area contributed by atoms with Crippen LogP contribution in [0.5, 0.6) is 5.88 Å². The number of nitrogens with zero attached hydrogens (tertiary/aromatic N) is 2. The van der Waals surface area contributed by atoms with Gasteiger partial charge in [-0.25, -0.2) is 9.97 Å². The maximum Gasteiger partial charge on any atom is 0.218 e. The molecule has 1 N–H and O–H groups in total. The molecule has 5 heteroatoms. The fourth-order valence-corrected chi connectivity index (χ4v) is 2.00. The van der Waals surface area contributed by atoms with Crippen LogP contribution < -0.4 is 10.1 Å². The minimum atomic E-state index is -0.0769. The van der Waals surface area contributed by atoms with Crippen molar-refractivity contribution < 1.29 is 4.74 Å². The third kappa shape index (κ3) is 3.84. The molecule has 0 radical (unpaired) electrons. The summed E-state index contributed by atoms with van der Waals surface area (Å²) in [6.07, 6.45) is 1.56. The van der Waals surface area contributed by atoms with E-state index in [1.807, 2.05) is 45.0 Å². The number of aromatic nitrogens is 2. The quantitative estimate of drug-likeness (QED) is 0.834. The molecule has 1 aromatic heterocycles. The average molecular weight is 292 g/mol. The number of benzene rings is 1. The van der Waals surface area contributed by atoms with E-state index >= 15 is 0 Å². The van der Waals surface area contributed by atoms with Crippen LogP contribution in [0.1, 0.15) is 31.7 Å². The normalized spacial score (nSPS) is 12.2. The SMILES string of the molecule is CC(C)Oc1cc(Nc2ccccc2C(C)Cl)ncn1. The van der Waals surface area contributed by atoms with E-state index in [1.165, 1.54) is 6.33 Å². The zero-order valence-corrected chi connectivity index (χ0v) is 12.6. The second-order valence-corrected chi connectivity index (χ2v) is 5.39. The number of hydrogen-bond donors (Lipinski definition) is 1. The predicted molar refractivity (Wildman–Crippen MR) is 81.8 cm³/mol. The Bertz CT molecular complexity index is 573. The number of halogens is 1. The Hall–Kier alpha value is -1.81. The highest BCUT2D eigenvalue weighted by atomic mass is 35.5. The van der Waals surface area contributed by atoms with Crippen LogP contribution in [-0.2, 0) is 0 Å². The largest absolute Gasteiger partial charge is 0.475 e. The van der Waals surface area contributed by atoms with Crippen LogP contribution in [0.15, 0.2) is 36.7 Å². The van der Waals surface area contributed by atoms with Crippen molar-refractivity contribution in [3.8, 4) is 5.88 Å². The van der Waals surface area contributed by atoms with Gasteiger partial charge in [0.2, 0.25) is 5.88 Å². The summed E-state index contributed by atoms with van der Waals surface area (Å²) < 4.78 is 5.55. The van der Waals surface area contributed by atoms with Gasteiger partial charge in [0, 0.05) is 11.8 Å². The second kappa shape index (κ2) is 6.57. The zero-order chi connectivity index (χ0) is 14.5. The van der Waals surface area contributed by atoms with Crippen molar-refractivity contribution in [3.05, 3.63) is 42.2 Å². The number of alkyl halides is 1. The van der Waals surface area contributed by atoms with Crippen LogP contribution in [0, 0.1) is 0 Å². The molecule has 4 nitrogen and oxygen atoms in total. The molecule has 0 bridgehead atoms. The van der Waals surface area contributed by atoms with Gasteiger partial charge in [0.15, 0.2) is 0 Å². The van der Waals surface area contributed by atoms with Crippen molar-refractivity contribution >= 4 is 23.1 Å². The van der Waals surface area contributed by atoms with Gasteiger partial charge < -0.3 is 10.1 Å². The molecule has 0 aliphatic heterocycles. The lowest BCUT2D eigenvalue weighted by Gasteiger charge is -2.14. The molecule has 0 aliphatic carbocycles. The van der Waals surface area contributed by atoms with Crippen molar-refractivity contribution in [1.29, 1.82) is 0 Å². The first kappa shape index (κ1) is 14.6. The molecule has 1 atom stereocenters. The van der Waals surface area contributed by atoms with Crippen molar-refractivity contribution in [2.45, 2.75) is 32.3 Å². The smallest absolute Gasteiger partial charge is 0.218 e. The van der Waals surface area contributed by atoms with E-state index in [0.717, 1.165) is 11.3 Å². The molecule has 1 aromatic carbocycles. The molecule has 106 valence electrons. The number of rotatable bonds is 5. The number of ether oxygens (including phenoxy) is 1. The molecular weight excluding hydrogens is 274 g/mol. The summed E-state index contributed by atoms with van der Waals surface area (Å²) in [7, 11) is 0. The maximum atomic E-state index is 6.18. The summed E-state index contributed by atoms with van der Waals surface area (Å²) in [6, 6.07) is 9.66. The van der Waals surface area contributed by atoms with Crippen LogP contribution in [0.25, 0.3) is 0 Å². The van der Waals surface area contributed by atoms with Gasteiger partial charge in [-0.2, -0.15) is 0 Å². The van der Waals surface area contributed by atoms with E-state index in [1.54, 1.807) is 6.07 Å². The van der Waals surface area contributed by atoms with Gasteiger partial charge in [-0.1, -0.05) is 18.2 Å². The Kier molecular flexibility index (Phi) is 4.79. The summed E-state index contributed by atoms with van der Waals surface area (Å²) in [5.74, 6) is 1.23. The first-order valence-electron chi connectivity index (χ1n) is 6.55. The lowest BCUT2D eigenvalue weighted by atomic mass is 10.1. The Morgan fingerprint density at radius 3 is 2.60 bits per heavy atom. The molecule has 2 rings (SSSR count). The van der Waals surface area contributed by atoms with Gasteiger partial charge in [0.1, 0.15) is 12.1 Å². The Balaban J connectivity index is 2.22. The molecule has 20 heavy (non-hydrogen) atoms. The molecule has 0 spiro atoms. The van der Waals surface area contributed by atoms with Gasteiger partial charge >= 0.3 is 0 Å². The van der Waals surface area contributed by atoms with Crippen molar-refractivity contribution in [3.63, 3.8) is 0 Å². The fourth-order valence-electron chi connectivity index (χ4n) is 1.81. The average Bonchev–Trinajstić information content (AvgIpc) is 2.38.